The Labute approximate surface area is 719 Å². The van der Waals surface area contributed by atoms with E-state index in [0.717, 1.165) is 84.9 Å². The van der Waals surface area contributed by atoms with E-state index in [2.05, 4.69) is 68.4 Å². The van der Waals surface area contributed by atoms with Crippen molar-refractivity contribution in [3.8, 4) is 62.9 Å². The zero-order valence-electron chi connectivity index (χ0n) is 67.2. The van der Waals surface area contributed by atoms with Crippen molar-refractivity contribution in [1.29, 1.82) is 0 Å². The molecule has 668 valence electrons. The number of nitrogens with two attached hydrogens (primary N) is 1. The van der Waals surface area contributed by atoms with E-state index in [1.165, 1.54) is 50.6 Å². The minimum Gasteiger partial charge on any atom is -0.508 e. The van der Waals surface area contributed by atoms with Gasteiger partial charge >= 0.3 is 6.36 Å². The van der Waals surface area contributed by atoms with Crippen LogP contribution in [0, 0.1) is 5.92 Å². The number of hydrazine groups is 1. The summed E-state index contributed by atoms with van der Waals surface area (Å²) in [6, 6.07) is 5.52. The fourth-order valence-electron chi connectivity index (χ4n) is 14.9. The Hall–Kier alpha value is -11.8. The van der Waals surface area contributed by atoms with Gasteiger partial charge in [-0.05, 0) is 139 Å². The van der Waals surface area contributed by atoms with Gasteiger partial charge < -0.3 is 133 Å². The predicted octanol–water partition coefficient (Wildman–Crippen LogP) is 3.04. The third-order valence-electron chi connectivity index (χ3n) is 21.2. The molecule has 8 heterocycles. The number of aliphatic hydroxyl groups is 6. The van der Waals surface area contributed by atoms with Gasteiger partial charge in [-0.15, -0.1) is 13.2 Å². The van der Waals surface area contributed by atoms with Gasteiger partial charge in [0.05, 0.1) is 46.9 Å². The average molecular weight is 1790 g/mol. The maximum absolute atomic E-state index is 16.3. The maximum atomic E-state index is 16.3. The number of hydrogen-bond acceptors (Lipinski definition) is 29. The number of likely N-dealkylation sites (N-methyl/N-ethyl adjacent to an activating group) is 1. The summed E-state index contributed by atoms with van der Waals surface area (Å²) in [6.45, 7) is 7.14. The number of phenolic OH excluding ortho intramolecular Hbond substituents is 3. The number of nitrogens with one attached hydrogen (secondary N) is 11. The number of hydrogen-bond donors (Lipinski definition) is 21. The molecule has 2 saturated heterocycles. The number of halogens is 5. The first-order valence-corrected chi connectivity index (χ1v) is 39.8. The minimum atomic E-state index is -5.02. The highest BCUT2D eigenvalue weighted by Crippen LogP contribution is 2.50. The zero-order chi connectivity index (χ0) is 90.5. The molecular weight excluding hydrogens is 1690 g/mol. The number of aromatic hydroxyl groups is 3. The molecule has 0 saturated carbocycles. The molecular formula is C82H90Cl2F3N13O25. The van der Waals surface area contributed by atoms with E-state index < -0.39 is 266 Å². The van der Waals surface area contributed by atoms with Crippen LogP contribution in [0.1, 0.15) is 128 Å². The van der Waals surface area contributed by atoms with Crippen molar-refractivity contribution >= 4 is 82.1 Å². The second-order valence-electron chi connectivity index (χ2n) is 30.8. The molecule has 11 bridgehead atoms. The van der Waals surface area contributed by atoms with Gasteiger partial charge in [0.1, 0.15) is 101 Å². The van der Waals surface area contributed by atoms with Crippen LogP contribution in [0.2, 0.25) is 10.0 Å². The lowest BCUT2D eigenvalue weighted by atomic mass is 9.84. The first-order chi connectivity index (χ1) is 59.2. The van der Waals surface area contributed by atoms with Crippen LogP contribution in [0.3, 0.4) is 0 Å². The van der Waals surface area contributed by atoms with Gasteiger partial charge in [-0.2, -0.15) is 0 Å². The number of pyridine rings is 1. The highest BCUT2D eigenvalue weighted by Gasteiger charge is 2.53. The van der Waals surface area contributed by atoms with Crippen LogP contribution in [0.15, 0.2) is 122 Å². The van der Waals surface area contributed by atoms with Gasteiger partial charge in [-0.25, -0.2) is 5.43 Å². The summed E-state index contributed by atoms with van der Waals surface area (Å²) >= 11 is 14.4. The normalized spacial score (nSPS) is 26.0. The second-order valence-corrected chi connectivity index (χ2v) is 31.6. The zero-order valence-corrected chi connectivity index (χ0v) is 68.7. The fraction of sp³-hybridized carbons (Fsp3) is 0.390. The largest absolute Gasteiger partial charge is 0.573 e. The summed E-state index contributed by atoms with van der Waals surface area (Å²) < 4.78 is 82.6. The summed E-state index contributed by atoms with van der Waals surface area (Å²) in [5.41, 5.74) is 6.93. The van der Waals surface area contributed by atoms with Crippen LogP contribution >= 0.6 is 23.2 Å². The quantitative estimate of drug-likeness (QED) is 0.0460. The molecule has 0 aliphatic carbocycles. The lowest BCUT2D eigenvalue weighted by molar-refractivity contribution is -0.334. The lowest BCUT2D eigenvalue weighted by Crippen LogP contribution is -2.65. The standard InChI is InChI=1S/C82H90Cl2F3N13O25/c1-7-92-100-79(118)62-45-25-42(102)26-51(104)59(45)44-19-36(11-14-50(44)103)60-75(114)99-64(78(117)97-62)66(107)38-13-16-53(47(84)21-38)121-55-23-39-22-54(120-52-15-12-37(20-46(52)83)65(106)63(98-73(112)48(89-6)17-33(2)3)77(116)94-49(27-57(88)105)74(113)95-61(39)76(115)96-60)69(55)124-80-70(68(109)67(108)56(32-101)122-80)123-58-28-81(5,71(110)34(4)119-58)91-30-35-18-40(31-90-29-35)72(111)93-41-9-8-10-43(24-41)125-82(85,86)87/h8-16,18-26,29,31,33-34,48-49,56,58,60-68,70-71,80,89,91-92,101-104,106-110H,7,17,27-28,30,32H2,1-6H3,(H2,88,105)(H,93,111)(H,94,116)(H,95,113)(H,96,115)(H,97,117)(H,98,112)(H,99,114)(H,100,118). The summed E-state index contributed by atoms with van der Waals surface area (Å²) in [5.74, 6) is -16.8. The number of rotatable bonds is 21. The number of benzene rings is 6. The number of primary amides is 1. The van der Waals surface area contributed by atoms with Crippen molar-refractivity contribution in [2.45, 2.75) is 176 Å². The molecule has 0 radical (unpaired) electrons. The number of carbonyl (C=O) groups is 9. The third-order valence-corrected chi connectivity index (χ3v) is 21.8. The molecule has 2 fully saturated rings. The number of carbonyl (C=O) groups excluding carboxylic acids is 9. The van der Waals surface area contributed by atoms with Gasteiger partial charge in [0.15, 0.2) is 23.9 Å². The number of phenols is 3. The van der Waals surface area contributed by atoms with E-state index in [4.69, 9.17) is 57.4 Å². The van der Waals surface area contributed by atoms with E-state index in [1.54, 1.807) is 27.7 Å². The van der Waals surface area contributed by atoms with E-state index in [9.17, 15) is 78.3 Å². The SMILES string of the molecule is CCNNC(=O)C1NC(=O)C2NC(=O)C(NC(=O)C3NC(=O)C(CC(N)=O)NC(=O)C(NC(=O)C(CC(C)C)NC)C(O)c4ccc(c(Cl)c4)Oc4cc3cc(c4OC3OC(CO)C(O)C(O)C3OC3CC(C)(NCc4cncc(C(=O)Nc5cccc(OC(F)(F)F)c5)c4)C(O)C(C)O3)Oc3ccc(cc3Cl)C2O)c2ccc(O)c(c2)-c2c(O)cc(O)cc21. The van der Waals surface area contributed by atoms with Crippen molar-refractivity contribution in [2.75, 3.05) is 25.5 Å². The molecule has 7 aliphatic heterocycles. The second kappa shape index (κ2) is 38.8. The first kappa shape index (κ1) is 92.4. The van der Waals surface area contributed by atoms with Gasteiger partial charge in [0.2, 0.25) is 53.4 Å². The Kier molecular flexibility index (Phi) is 28.6. The molecule has 125 heavy (non-hydrogen) atoms. The van der Waals surface area contributed by atoms with Gasteiger partial charge in [-0.1, -0.05) is 68.2 Å². The van der Waals surface area contributed by atoms with Crippen LogP contribution in [0.4, 0.5) is 18.9 Å². The molecule has 0 spiro atoms. The molecule has 7 aliphatic rings. The molecule has 18 atom stereocenters. The molecule has 9 amide bonds. The van der Waals surface area contributed by atoms with Gasteiger partial charge in [-0.3, -0.25) is 53.6 Å². The molecule has 22 N–H and O–H groups in total. The van der Waals surface area contributed by atoms with Crippen LogP contribution in [-0.2, 0) is 59.1 Å². The summed E-state index contributed by atoms with van der Waals surface area (Å²) in [6.07, 6.45) is -22.3. The number of aliphatic hydroxyl groups excluding tert-OH is 6. The number of anilines is 1. The Balaban J connectivity index is 1.01. The maximum Gasteiger partial charge on any atom is 0.573 e. The Bertz CT molecular complexity index is 5280. The lowest BCUT2D eigenvalue weighted by Gasteiger charge is -2.48. The van der Waals surface area contributed by atoms with Crippen molar-refractivity contribution in [3.63, 3.8) is 0 Å². The molecule has 18 unspecified atom stereocenters. The monoisotopic (exact) mass is 1780 g/mol. The third kappa shape index (κ3) is 21.2. The number of nitrogens with zero attached hydrogens (tertiary/aromatic N) is 1. The highest BCUT2D eigenvalue weighted by atomic mass is 35.5. The van der Waals surface area contributed by atoms with E-state index in [0.29, 0.717) is 5.56 Å². The Morgan fingerprint density at radius 2 is 1.38 bits per heavy atom. The van der Waals surface area contributed by atoms with Gasteiger partial charge in [0, 0.05) is 66.4 Å². The average Bonchev–Trinajstić information content (AvgIpc) is 0.763. The van der Waals surface area contributed by atoms with Gasteiger partial charge in [0.25, 0.3) is 11.8 Å². The van der Waals surface area contributed by atoms with Crippen LogP contribution in [-0.4, -0.2) is 210 Å². The van der Waals surface area contributed by atoms with Crippen molar-refractivity contribution in [1.82, 2.24) is 58.4 Å². The molecule has 43 heteroatoms. The summed E-state index contributed by atoms with van der Waals surface area (Å²) in [7, 11) is 1.46. The topological polar surface area (TPSA) is 572 Å². The highest BCUT2D eigenvalue weighted by molar-refractivity contribution is 6.32. The molecule has 7 aromatic rings. The smallest absolute Gasteiger partial charge is 0.508 e. The molecule has 38 nitrogen and oxygen atoms in total. The minimum absolute atomic E-state index is 0.0455. The Morgan fingerprint density at radius 1 is 0.728 bits per heavy atom. The van der Waals surface area contributed by atoms with E-state index >= 15 is 24.0 Å². The van der Waals surface area contributed by atoms with Crippen molar-refractivity contribution in [3.05, 3.63) is 171 Å². The van der Waals surface area contributed by atoms with E-state index in [-0.39, 0.29) is 59.8 Å². The number of ether oxygens (including phenoxy) is 7. The summed E-state index contributed by atoms with van der Waals surface area (Å²) in [4.78, 5) is 138. The number of alkyl halides is 3. The van der Waals surface area contributed by atoms with Crippen LogP contribution in [0.5, 0.6) is 51.7 Å². The number of amides is 9. The fourth-order valence-corrected chi connectivity index (χ4v) is 15.3. The molecule has 6 aromatic carbocycles. The first-order valence-electron chi connectivity index (χ1n) is 39.0. The predicted molar refractivity (Wildman–Crippen MR) is 431 cm³/mol. The molecule has 14 rings (SSSR count). The number of aromatic nitrogens is 1. The van der Waals surface area contributed by atoms with Crippen molar-refractivity contribution in [2.24, 2.45) is 11.7 Å². The summed E-state index contributed by atoms with van der Waals surface area (Å²) in [5, 5.41) is 129. The molecule has 1 aromatic heterocycles. The number of fused-ring (bicyclic) bond motifs is 15. The van der Waals surface area contributed by atoms with Crippen LogP contribution < -0.4 is 83.4 Å². The van der Waals surface area contributed by atoms with Crippen LogP contribution in [0.25, 0.3) is 11.1 Å². The Morgan fingerprint density at radius 3 is 2.02 bits per heavy atom. The van der Waals surface area contributed by atoms with Crippen molar-refractivity contribution < 1.29 is 135 Å². The van der Waals surface area contributed by atoms with E-state index in [1.807, 2.05) is 0 Å².